The normalized spacial score (nSPS) is 12.2. The van der Waals surface area contributed by atoms with E-state index in [9.17, 15) is 33.5 Å². The van der Waals surface area contributed by atoms with Crippen LogP contribution in [0.5, 0.6) is 5.75 Å². The van der Waals surface area contributed by atoms with Gasteiger partial charge in [0.1, 0.15) is 12.1 Å². The van der Waals surface area contributed by atoms with Gasteiger partial charge in [0.15, 0.2) is 11.6 Å². The van der Waals surface area contributed by atoms with Crippen molar-refractivity contribution in [2.24, 2.45) is 0 Å². The van der Waals surface area contributed by atoms with Crippen LogP contribution in [0.4, 0.5) is 9.18 Å². The van der Waals surface area contributed by atoms with Gasteiger partial charge in [-0.15, -0.1) is 0 Å². The number of ether oxygens (including phenoxy) is 1. The Morgan fingerprint density at radius 2 is 1.58 bits per heavy atom. The molecule has 0 fully saturated rings. The number of rotatable bonds is 14. The van der Waals surface area contributed by atoms with Crippen molar-refractivity contribution in [3.63, 3.8) is 0 Å². The maximum atomic E-state index is 13.7. The van der Waals surface area contributed by atoms with Crippen LogP contribution in [0.2, 0.25) is 0 Å². The number of benzene rings is 1. The third-order valence-electron chi connectivity index (χ3n) is 4.47. The number of aliphatic carboxylic acids is 3. The minimum Gasteiger partial charge on any atom is -0.494 e. The van der Waals surface area contributed by atoms with Gasteiger partial charge in [0.05, 0.1) is 7.11 Å². The van der Waals surface area contributed by atoms with E-state index in [0.717, 1.165) is 6.07 Å². The lowest BCUT2D eigenvalue weighted by Gasteiger charge is -2.18. The molecule has 6 N–H and O–H groups in total. The zero-order valence-electron chi connectivity index (χ0n) is 17.8. The van der Waals surface area contributed by atoms with Crippen molar-refractivity contribution in [3.05, 3.63) is 29.6 Å². The Bertz CT molecular complexity index is 878. The number of carbonyl (C=O) groups is 5. The zero-order chi connectivity index (χ0) is 25.0. The standard InChI is InChI=1S/C20H26FN3O9/c1-33-15-7-5-11(10-12(15)21)17(27)22-9-3-2-4-13(18(28)29)23-20(32)24-14(19(30)31)6-8-16(25)26/h5,7,10,13-14H,2-4,6,8-9H2,1H3,(H,22,27)(H,25,26)(H,28,29)(H,30,31)(H2,23,24,32)/t13-,14-/m0/s1. The van der Waals surface area contributed by atoms with Gasteiger partial charge in [-0.25, -0.2) is 18.8 Å². The Morgan fingerprint density at radius 1 is 0.970 bits per heavy atom. The highest BCUT2D eigenvalue weighted by Crippen LogP contribution is 2.17. The molecule has 1 aromatic rings. The van der Waals surface area contributed by atoms with Gasteiger partial charge >= 0.3 is 23.9 Å². The van der Waals surface area contributed by atoms with E-state index in [0.29, 0.717) is 6.42 Å². The lowest BCUT2D eigenvalue weighted by atomic mass is 10.1. The van der Waals surface area contributed by atoms with Crippen LogP contribution in [0.1, 0.15) is 42.5 Å². The number of carboxylic acids is 3. The second kappa shape index (κ2) is 13.5. The van der Waals surface area contributed by atoms with E-state index in [4.69, 9.17) is 14.9 Å². The summed E-state index contributed by atoms with van der Waals surface area (Å²) in [5.41, 5.74) is 0.0888. The number of halogens is 1. The van der Waals surface area contributed by atoms with E-state index < -0.39 is 54.2 Å². The lowest BCUT2D eigenvalue weighted by Crippen LogP contribution is -2.51. The number of hydrogen-bond acceptors (Lipinski definition) is 6. The molecule has 0 aliphatic carbocycles. The van der Waals surface area contributed by atoms with Crippen molar-refractivity contribution in [2.45, 2.75) is 44.2 Å². The molecule has 3 amide bonds. The Kier molecular flexibility index (Phi) is 11.1. The predicted molar refractivity (Wildman–Crippen MR) is 111 cm³/mol. The van der Waals surface area contributed by atoms with Crippen molar-refractivity contribution < 1.29 is 48.4 Å². The maximum absolute atomic E-state index is 13.7. The monoisotopic (exact) mass is 471 g/mol. The van der Waals surface area contributed by atoms with Crippen LogP contribution in [-0.2, 0) is 14.4 Å². The fourth-order valence-corrected chi connectivity index (χ4v) is 2.73. The summed E-state index contributed by atoms with van der Waals surface area (Å²) in [6.45, 7) is 0.168. The molecular formula is C20H26FN3O9. The van der Waals surface area contributed by atoms with E-state index in [1.165, 1.54) is 19.2 Å². The molecule has 0 aromatic heterocycles. The Hall–Kier alpha value is -3.90. The van der Waals surface area contributed by atoms with Crippen LogP contribution >= 0.6 is 0 Å². The number of amides is 3. The van der Waals surface area contributed by atoms with Gasteiger partial charge < -0.3 is 36.0 Å². The third kappa shape index (κ3) is 9.84. The molecule has 33 heavy (non-hydrogen) atoms. The van der Waals surface area contributed by atoms with Gasteiger partial charge in [-0.2, -0.15) is 0 Å². The fraction of sp³-hybridized carbons (Fsp3) is 0.450. The summed E-state index contributed by atoms with van der Waals surface area (Å²) >= 11 is 0. The van der Waals surface area contributed by atoms with Gasteiger partial charge in [0.2, 0.25) is 0 Å². The summed E-state index contributed by atoms with van der Waals surface area (Å²) in [6, 6.07) is -0.150. The average Bonchev–Trinajstić information content (AvgIpc) is 2.74. The van der Waals surface area contributed by atoms with E-state index >= 15 is 0 Å². The summed E-state index contributed by atoms with van der Waals surface area (Å²) in [6.07, 6.45) is -0.228. The van der Waals surface area contributed by atoms with Crippen LogP contribution in [0, 0.1) is 5.82 Å². The summed E-state index contributed by atoms with van der Waals surface area (Å²) in [4.78, 5) is 57.0. The first kappa shape index (κ1) is 27.1. The molecule has 13 heteroatoms. The number of unbranched alkanes of at least 4 members (excludes halogenated alkanes) is 1. The van der Waals surface area contributed by atoms with E-state index in [1.54, 1.807) is 0 Å². The summed E-state index contributed by atoms with van der Waals surface area (Å²) in [5, 5.41) is 33.6. The number of nitrogens with one attached hydrogen (secondary N) is 3. The first-order valence-electron chi connectivity index (χ1n) is 9.91. The molecule has 0 aliphatic rings. The molecule has 0 spiro atoms. The molecule has 0 saturated carbocycles. The summed E-state index contributed by atoms with van der Waals surface area (Å²) in [5.74, 6) is -5.25. The first-order chi connectivity index (χ1) is 15.5. The van der Waals surface area contributed by atoms with Gasteiger partial charge in [0.25, 0.3) is 5.91 Å². The van der Waals surface area contributed by atoms with Crippen LogP contribution in [-0.4, -0.2) is 70.9 Å². The lowest BCUT2D eigenvalue weighted by molar-refractivity contribution is -0.140. The molecule has 0 aliphatic heterocycles. The van der Waals surface area contributed by atoms with E-state index in [1.807, 2.05) is 5.32 Å². The molecule has 0 radical (unpaired) electrons. The molecule has 0 saturated heterocycles. The molecular weight excluding hydrogens is 445 g/mol. The van der Waals surface area contributed by atoms with E-state index in [2.05, 4.69) is 10.6 Å². The number of urea groups is 1. The van der Waals surface area contributed by atoms with E-state index in [-0.39, 0.29) is 37.1 Å². The molecule has 0 bridgehead atoms. The smallest absolute Gasteiger partial charge is 0.326 e. The maximum Gasteiger partial charge on any atom is 0.326 e. The topological polar surface area (TPSA) is 191 Å². The molecule has 2 atom stereocenters. The van der Waals surface area contributed by atoms with Crippen LogP contribution in [0.3, 0.4) is 0 Å². The largest absolute Gasteiger partial charge is 0.494 e. The fourth-order valence-electron chi connectivity index (χ4n) is 2.73. The van der Waals surface area contributed by atoms with Crippen molar-refractivity contribution in [1.29, 1.82) is 0 Å². The molecule has 1 aromatic carbocycles. The number of hydrogen-bond donors (Lipinski definition) is 6. The van der Waals surface area contributed by atoms with Crippen LogP contribution in [0.15, 0.2) is 18.2 Å². The number of carboxylic acid groups (broad SMARTS) is 3. The summed E-state index contributed by atoms with van der Waals surface area (Å²) < 4.78 is 18.4. The minimum atomic E-state index is -1.49. The first-order valence-corrected chi connectivity index (χ1v) is 9.91. The van der Waals surface area contributed by atoms with Crippen molar-refractivity contribution >= 4 is 29.8 Å². The second-order valence-corrected chi connectivity index (χ2v) is 6.93. The highest BCUT2D eigenvalue weighted by molar-refractivity contribution is 5.94. The van der Waals surface area contributed by atoms with Crippen LogP contribution < -0.4 is 20.7 Å². The van der Waals surface area contributed by atoms with Crippen molar-refractivity contribution in [2.75, 3.05) is 13.7 Å². The molecule has 12 nitrogen and oxygen atoms in total. The molecule has 0 unspecified atom stereocenters. The number of carbonyl (C=O) groups excluding carboxylic acids is 2. The molecule has 182 valence electrons. The highest BCUT2D eigenvalue weighted by Gasteiger charge is 2.24. The second-order valence-electron chi connectivity index (χ2n) is 6.93. The van der Waals surface area contributed by atoms with Gasteiger partial charge in [-0.05, 0) is 43.9 Å². The van der Waals surface area contributed by atoms with Crippen LogP contribution in [0.25, 0.3) is 0 Å². The minimum absolute atomic E-state index is 0.000592. The summed E-state index contributed by atoms with van der Waals surface area (Å²) in [7, 11) is 1.30. The Labute approximate surface area is 188 Å². The molecule has 1 rings (SSSR count). The molecule has 0 heterocycles. The quantitative estimate of drug-likeness (QED) is 0.213. The van der Waals surface area contributed by atoms with Crippen molar-refractivity contribution in [1.82, 2.24) is 16.0 Å². The van der Waals surface area contributed by atoms with Gasteiger partial charge in [0, 0.05) is 18.5 Å². The Balaban J connectivity index is 2.45. The SMILES string of the molecule is COc1ccc(C(=O)NCCCC[C@H](NC(=O)N[C@@H](CCC(=O)O)C(=O)O)C(=O)O)cc1F. The third-order valence-corrected chi connectivity index (χ3v) is 4.47. The van der Waals surface area contributed by atoms with Gasteiger partial charge in [-0.1, -0.05) is 0 Å². The predicted octanol–water partition coefficient (Wildman–Crippen LogP) is 0.805. The van der Waals surface area contributed by atoms with Gasteiger partial charge in [-0.3, -0.25) is 9.59 Å². The average molecular weight is 471 g/mol. The highest BCUT2D eigenvalue weighted by atomic mass is 19.1. The number of methoxy groups -OCH3 is 1. The van der Waals surface area contributed by atoms with Crippen molar-refractivity contribution in [3.8, 4) is 5.75 Å². The Morgan fingerprint density at radius 3 is 2.09 bits per heavy atom. The zero-order valence-corrected chi connectivity index (χ0v) is 17.8.